The van der Waals surface area contributed by atoms with Crippen molar-refractivity contribution in [2.45, 2.75) is 40.0 Å². The quantitative estimate of drug-likeness (QED) is 0.632. The van der Waals surface area contributed by atoms with Gasteiger partial charge in [-0.15, -0.1) is 0 Å². The van der Waals surface area contributed by atoms with E-state index < -0.39 is 0 Å². The predicted octanol–water partition coefficient (Wildman–Crippen LogP) is 4.62. The Morgan fingerprint density at radius 2 is 1.67 bits per heavy atom. The van der Waals surface area contributed by atoms with Crippen molar-refractivity contribution in [2.24, 2.45) is 0 Å². The van der Waals surface area contributed by atoms with Crippen LogP contribution in [0.15, 0.2) is 24.3 Å². The predicted molar refractivity (Wildman–Crippen MR) is 69.7 cm³/mol. The number of aromatic nitrogens is 1. The molecule has 0 fully saturated rings. The zero-order valence-corrected chi connectivity index (χ0v) is 11.0. The second-order valence-electron chi connectivity index (χ2n) is 4.28. The zero-order valence-electron chi connectivity index (χ0n) is 10.2. The third kappa shape index (κ3) is 2.57. The van der Waals surface area contributed by atoms with E-state index in [1.54, 1.807) is 11.5 Å². The number of nitrogens with zero attached hydrogens (tertiary/aromatic N) is 1. The van der Waals surface area contributed by atoms with Crippen molar-refractivity contribution in [2.75, 3.05) is 0 Å². The Morgan fingerprint density at radius 1 is 1.07 bits per heavy atom. The molecular formula is C13H19NS. The van der Waals surface area contributed by atoms with E-state index in [9.17, 15) is 0 Å². The lowest BCUT2D eigenvalue weighted by atomic mass is 9.90. The molecule has 82 valence electrons. The average Bonchev–Trinajstić information content (AvgIpc) is 2.63. The van der Waals surface area contributed by atoms with Gasteiger partial charge in [-0.3, -0.25) is 0 Å². The summed E-state index contributed by atoms with van der Waals surface area (Å²) in [5, 5.41) is 1.31. The van der Waals surface area contributed by atoms with Gasteiger partial charge in [0.15, 0.2) is 0 Å². The molecule has 1 nitrogen and oxygen atoms in total. The summed E-state index contributed by atoms with van der Waals surface area (Å²) in [6.45, 7) is 10.6. The summed E-state index contributed by atoms with van der Waals surface area (Å²) >= 11 is 1.59. The Bertz CT molecular complexity index is 423. The Morgan fingerprint density at radius 3 is 2.27 bits per heavy atom. The molecule has 0 unspecified atom stereocenters. The maximum atomic E-state index is 4.51. The number of hydrogen-bond acceptors (Lipinski definition) is 2. The molecule has 0 aliphatic carbocycles. The standard InChI is InChI=1S/C11H13NS.C2H6/c1-11(2,3)10-8-6-4-5-7-9(8)13-12-10;1-2/h4-7H,1-3H3;1-2H3. The first-order chi connectivity index (χ1) is 7.09. The van der Waals surface area contributed by atoms with E-state index in [4.69, 9.17) is 0 Å². The topological polar surface area (TPSA) is 12.9 Å². The highest BCUT2D eigenvalue weighted by Crippen LogP contribution is 2.31. The van der Waals surface area contributed by atoms with E-state index in [1.165, 1.54) is 15.8 Å². The van der Waals surface area contributed by atoms with Gasteiger partial charge < -0.3 is 0 Å². The van der Waals surface area contributed by atoms with Crippen molar-refractivity contribution in [3.63, 3.8) is 0 Å². The van der Waals surface area contributed by atoms with Crippen molar-refractivity contribution < 1.29 is 0 Å². The largest absolute Gasteiger partial charge is 0.196 e. The van der Waals surface area contributed by atoms with Crippen LogP contribution in [0.1, 0.15) is 40.3 Å². The fourth-order valence-electron chi connectivity index (χ4n) is 1.43. The number of benzene rings is 1. The molecule has 0 radical (unpaired) electrons. The van der Waals surface area contributed by atoms with Crippen LogP contribution >= 0.6 is 11.5 Å². The lowest BCUT2D eigenvalue weighted by Gasteiger charge is -2.15. The lowest BCUT2D eigenvalue weighted by molar-refractivity contribution is 0.581. The lowest BCUT2D eigenvalue weighted by Crippen LogP contribution is -2.11. The summed E-state index contributed by atoms with van der Waals surface area (Å²) in [5.74, 6) is 0. The third-order valence-electron chi connectivity index (χ3n) is 2.09. The molecule has 1 aromatic carbocycles. The fraction of sp³-hybridized carbons (Fsp3) is 0.462. The molecule has 0 spiro atoms. The first kappa shape index (κ1) is 12.2. The third-order valence-corrected chi connectivity index (χ3v) is 2.91. The van der Waals surface area contributed by atoms with E-state index in [-0.39, 0.29) is 5.41 Å². The molecule has 0 atom stereocenters. The molecule has 0 saturated heterocycles. The first-order valence-electron chi connectivity index (χ1n) is 5.44. The number of fused-ring (bicyclic) bond motifs is 1. The van der Waals surface area contributed by atoms with Gasteiger partial charge in [-0.2, -0.15) is 4.37 Å². The van der Waals surface area contributed by atoms with Gasteiger partial charge in [0.2, 0.25) is 0 Å². The van der Waals surface area contributed by atoms with Gasteiger partial charge in [0.05, 0.1) is 10.4 Å². The minimum absolute atomic E-state index is 0.152. The van der Waals surface area contributed by atoms with Crippen LogP contribution in [-0.4, -0.2) is 4.37 Å². The first-order valence-corrected chi connectivity index (χ1v) is 6.21. The number of hydrogen-bond donors (Lipinski definition) is 0. The smallest absolute Gasteiger partial charge is 0.0674 e. The highest BCUT2D eigenvalue weighted by atomic mass is 32.1. The van der Waals surface area contributed by atoms with Crippen LogP contribution in [0.5, 0.6) is 0 Å². The molecule has 0 N–H and O–H groups in total. The Balaban J connectivity index is 0.000000531. The number of rotatable bonds is 0. The van der Waals surface area contributed by atoms with Crippen LogP contribution in [0.3, 0.4) is 0 Å². The second kappa shape index (κ2) is 4.75. The van der Waals surface area contributed by atoms with Crippen LogP contribution < -0.4 is 0 Å². The van der Waals surface area contributed by atoms with Crippen molar-refractivity contribution in [3.8, 4) is 0 Å². The minimum Gasteiger partial charge on any atom is -0.196 e. The van der Waals surface area contributed by atoms with Crippen LogP contribution in [0.4, 0.5) is 0 Å². The summed E-state index contributed by atoms with van der Waals surface area (Å²) in [5.41, 5.74) is 1.37. The highest BCUT2D eigenvalue weighted by Gasteiger charge is 2.19. The van der Waals surface area contributed by atoms with Crippen LogP contribution in [0, 0.1) is 0 Å². The molecule has 15 heavy (non-hydrogen) atoms. The van der Waals surface area contributed by atoms with E-state index in [2.05, 4.69) is 49.4 Å². The summed E-state index contributed by atoms with van der Waals surface area (Å²) in [6.07, 6.45) is 0. The summed E-state index contributed by atoms with van der Waals surface area (Å²) < 4.78 is 5.79. The Labute approximate surface area is 96.3 Å². The SMILES string of the molecule is CC.CC(C)(C)c1nsc2ccccc12. The van der Waals surface area contributed by atoms with Gasteiger partial charge in [0, 0.05) is 10.8 Å². The Hall–Kier alpha value is -0.890. The van der Waals surface area contributed by atoms with Crippen molar-refractivity contribution in [1.29, 1.82) is 0 Å². The van der Waals surface area contributed by atoms with Crippen LogP contribution in [-0.2, 0) is 5.41 Å². The molecule has 0 aliphatic rings. The molecular weight excluding hydrogens is 202 g/mol. The molecule has 2 rings (SSSR count). The van der Waals surface area contributed by atoms with Gasteiger partial charge in [-0.1, -0.05) is 52.8 Å². The second-order valence-corrected chi connectivity index (χ2v) is 5.08. The normalized spacial score (nSPS) is 11.0. The van der Waals surface area contributed by atoms with Gasteiger partial charge in [0.1, 0.15) is 0 Å². The van der Waals surface area contributed by atoms with E-state index in [1.807, 2.05) is 13.8 Å². The molecule has 0 bridgehead atoms. The molecule has 2 aromatic rings. The summed E-state index contributed by atoms with van der Waals surface area (Å²) in [7, 11) is 0. The molecule has 1 aromatic heterocycles. The van der Waals surface area contributed by atoms with E-state index >= 15 is 0 Å². The molecule has 2 heteroatoms. The van der Waals surface area contributed by atoms with E-state index in [0.717, 1.165) is 0 Å². The molecule has 0 aliphatic heterocycles. The van der Waals surface area contributed by atoms with Crippen LogP contribution in [0.2, 0.25) is 0 Å². The van der Waals surface area contributed by atoms with Crippen molar-refractivity contribution >= 4 is 21.6 Å². The van der Waals surface area contributed by atoms with Gasteiger partial charge in [0.25, 0.3) is 0 Å². The molecule has 0 saturated carbocycles. The summed E-state index contributed by atoms with van der Waals surface area (Å²) in [4.78, 5) is 0. The van der Waals surface area contributed by atoms with Crippen molar-refractivity contribution in [3.05, 3.63) is 30.0 Å². The van der Waals surface area contributed by atoms with Crippen LogP contribution in [0.25, 0.3) is 10.1 Å². The minimum atomic E-state index is 0.152. The van der Waals surface area contributed by atoms with Gasteiger partial charge >= 0.3 is 0 Å². The summed E-state index contributed by atoms with van der Waals surface area (Å²) in [6, 6.07) is 8.42. The maximum Gasteiger partial charge on any atom is 0.0674 e. The van der Waals surface area contributed by atoms with E-state index in [0.29, 0.717) is 0 Å². The fourth-order valence-corrected chi connectivity index (χ4v) is 2.39. The van der Waals surface area contributed by atoms with Gasteiger partial charge in [-0.05, 0) is 17.6 Å². The average molecular weight is 221 g/mol. The Kier molecular flexibility index (Phi) is 3.86. The highest BCUT2D eigenvalue weighted by molar-refractivity contribution is 7.13. The molecule has 1 heterocycles. The maximum absolute atomic E-state index is 4.51. The van der Waals surface area contributed by atoms with Crippen molar-refractivity contribution in [1.82, 2.24) is 4.37 Å². The zero-order chi connectivity index (χ0) is 11.5. The monoisotopic (exact) mass is 221 g/mol. The van der Waals surface area contributed by atoms with Gasteiger partial charge in [-0.25, -0.2) is 0 Å². The molecule has 0 amide bonds.